The second-order valence-electron chi connectivity index (χ2n) is 4.17. The molecule has 1 aliphatic heterocycles. The molecule has 1 aromatic rings. The minimum Gasteiger partial charge on any atom is -0.468 e. The van der Waals surface area contributed by atoms with Crippen LogP contribution in [-0.4, -0.2) is 62.1 Å². The van der Waals surface area contributed by atoms with Gasteiger partial charge in [0, 0.05) is 26.2 Å². The largest absolute Gasteiger partial charge is 0.468 e. The Labute approximate surface area is 106 Å². The molecule has 0 aliphatic carbocycles. The molecule has 6 heteroatoms. The first-order valence-electron chi connectivity index (χ1n) is 5.84. The number of carbonyl (C=O) groups is 1. The topological polar surface area (TPSA) is 58.3 Å². The van der Waals surface area contributed by atoms with Crippen molar-refractivity contribution < 1.29 is 13.9 Å². The van der Waals surface area contributed by atoms with E-state index in [2.05, 4.69) is 16.9 Å². The number of likely N-dealkylation sites (N-methyl/N-ethyl adjacent to an activating group) is 1. The molecule has 0 bridgehead atoms. The normalized spacial score (nSPS) is 17.9. The summed E-state index contributed by atoms with van der Waals surface area (Å²) in [6.45, 7) is 3.46. The van der Waals surface area contributed by atoms with Gasteiger partial charge in [-0.15, -0.1) is 0 Å². The number of methoxy groups -OCH3 is 1. The van der Waals surface area contributed by atoms with Gasteiger partial charge in [-0.25, -0.2) is 0 Å². The van der Waals surface area contributed by atoms with Crippen molar-refractivity contribution >= 4 is 11.9 Å². The van der Waals surface area contributed by atoms with E-state index in [9.17, 15) is 4.79 Å². The summed E-state index contributed by atoms with van der Waals surface area (Å²) >= 11 is 0. The lowest BCUT2D eigenvalue weighted by molar-refractivity contribution is 0.0966. The van der Waals surface area contributed by atoms with Crippen LogP contribution in [0.4, 0.5) is 0 Å². The Hall–Kier alpha value is -1.82. The van der Waals surface area contributed by atoms with Crippen molar-refractivity contribution in [2.75, 3.05) is 40.3 Å². The second kappa shape index (κ2) is 5.68. The van der Waals surface area contributed by atoms with E-state index in [4.69, 9.17) is 9.15 Å². The molecule has 1 aromatic heterocycles. The molecule has 1 fully saturated rings. The molecule has 1 aliphatic rings. The third-order valence-electron chi connectivity index (χ3n) is 2.89. The molecule has 1 amide bonds. The zero-order valence-corrected chi connectivity index (χ0v) is 10.6. The molecular formula is C12H17N3O3. The van der Waals surface area contributed by atoms with E-state index in [-0.39, 0.29) is 5.76 Å². The number of piperazine rings is 1. The van der Waals surface area contributed by atoms with Crippen molar-refractivity contribution in [1.29, 1.82) is 0 Å². The molecule has 0 unspecified atom stereocenters. The van der Waals surface area contributed by atoms with Crippen molar-refractivity contribution in [3.05, 3.63) is 24.2 Å². The Morgan fingerprint density at radius 2 is 2.11 bits per heavy atom. The number of ether oxygens (including phenoxy) is 1. The van der Waals surface area contributed by atoms with Crippen LogP contribution in [0.1, 0.15) is 10.6 Å². The van der Waals surface area contributed by atoms with Crippen LogP contribution in [0.15, 0.2) is 27.8 Å². The van der Waals surface area contributed by atoms with Crippen LogP contribution in [0, 0.1) is 0 Å². The monoisotopic (exact) mass is 251 g/mol. The first kappa shape index (κ1) is 12.6. The first-order chi connectivity index (χ1) is 8.70. The number of hydrogen-bond donors (Lipinski definition) is 0. The van der Waals surface area contributed by atoms with Gasteiger partial charge < -0.3 is 19.0 Å². The summed E-state index contributed by atoms with van der Waals surface area (Å²) in [5.74, 6) is -0.200. The van der Waals surface area contributed by atoms with Crippen molar-refractivity contribution in [3.8, 4) is 0 Å². The molecule has 2 heterocycles. The van der Waals surface area contributed by atoms with Gasteiger partial charge in [0.25, 0.3) is 6.02 Å². The van der Waals surface area contributed by atoms with E-state index in [0.29, 0.717) is 6.02 Å². The molecule has 0 N–H and O–H groups in total. The fourth-order valence-electron chi connectivity index (χ4n) is 1.79. The third-order valence-corrected chi connectivity index (χ3v) is 2.89. The van der Waals surface area contributed by atoms with Crippen LogP contribution in [0.2, 0.25) is 0 Å². The number of furan rings is 1. The molecule has 0 radical (unpaired) electrons. The highest BCUT2D eigenvalue weighted by atomic mass is 16.5. The molecule has 6 nitrogen and oxygen atoms in total. The average molecular weight is 251 g/mol. The van der Waals surface area contributed by atoms with Gasteiger partial charge in [-0.1, -0.05) is 0 Å². The van der Waals surface area contributed by atoms with Crippen LogP contribution in [0.5, 0.6) is 0 Å². The fourth-order valence-corrected chi connectivity index (χ4v) is 1.79. The Morgan fingerprint density at radius 1 is 1.39 bits per heavy atom. The van der Waals surface area contributed by atoms with Gasteiger partial charge in [0.05, 0.1) is 13.4 Å². The number of aliphatic imine (C=N–C) groups is 1. The predicted octanol–water partition coefficient (Wildman–Crippen LogP) is 0.670. The van der Waals surface area contributed by atoms with Crippen LogP contribution >= 0.6 is 0 Å². The predicted molar refractivity (Wildman–Crippen MR) is 66.6 cm³/mol. The summed E-state index contributed by atoms with van der Waals surface area (Å²) in [5.41, 5.74) is 0. The van der Waals surface area contributed by atoms with Crippen molar-refractivity contribution in [3.63, 3.8) is 0 Å². The maximum atomic E-state index is 11.8. The van der Waals surface area contributed by atoms with E-state index in [1.54, 1.807) is 12.1 Å². The minimum atomic E-state index is -0.421. The molecule has 18 heavy (non-hydrogen) atoms. The number of hydrogen-bond acceptors (Lipinski definition) is 4. The van der Waals surface area contributed by atoms with E-state index < -0.39 is 5.91 Å². The van der Waals surface area contributed by atoms with Gasteiger partial charge in [-0.3, -0.25) is 4.79 Å². The quantitative estimate of drug-likeness (QED) is 0.542. The van der Waals surface area contributed by atoms with Crippen LogP contribution < -0.4 is 0 Å². The van der Waals surface area contributed by atoms with Gasteiger partial charge in [-0.2, -0.15) is 4.99 Å². The number of nitrogens with zero attached hydrogens (tertiary/aromatic N) is 3. The Bertz CT molecular complexity index is 420. The van der Waals surface area contributed by atoms with Gasteiger partial charge in [0.2, 0.25) is 0 Å². The lowest BCUT2D eigenvalue weighted by Gasteiger charge is -2.33. The average Bonchev–Trinajstić information content (AvgIpc) is 2.91. The molecule has 2 rings (SSSR count). The van der Waals surface area contributed by atoms with Crippen LogP contribution in [0.3, 0.4) is 0 Å². The molecule has 0 spiro atoms. The number of amides is 1. The maximum absolute atomic E-state index is 11.8. The van der Waals surface area contributed by atoms with Gasteiger partial charge >= 0.3 is 5.91 Å². The number of amidine groups is 1. The van der Waals surface area contributed by atoms with Gasteiger partial charge in [-0.05, 0) is 19.2 Å². The van der Waals surface area contributed by atoms with Gasteiger partial charge in [0.1, 0.15) is 0 Å². The molecule has 0 atom stereocenters. The Kier molecular flexibility index (Phi) is 3.99. The van der Waals surface area contributed by atoms with E-state index >= 15 is 0 Å². The summed E-state index contributed by atoms with van der Waals surface area (Å²) < 4.78 is 10.2. The number of carbonyl (C=O) groups excluding carboxylic acids is 1. The molecule has 0 saturated carbocycles. The second-order valence-corrected chi connectivity index (χ2v) is 4.17. The highest BCUT2D eigenvalue weighted by Gasteiger charge is 2.20. The Balaban J connectivity index is 2.06. The minimum absolute atomic E-state index is 0.221. The third kappa shape index (κ3) is 2.89. The zero-order valence-electron chi connectivity index (χ0n) is 10.6. The standard InChI is InChI=1S/C12H17N3O3/c1-14-5-7-15(8-6-14)12(17-2)13-11(16)10-4-3-9-18-10/h3-4,9H,5-8H2,1-2H3. The summed E-state index contributed by atoms with van der Waals surface area (Å²) in [5, 5.41) is 0. The lowest BCUT2D eigenvalue weighted by atomic mass is 10.3. The van der Waals surface area contributed by atoms with Gasteiger partial charge in [0.15, 0.2) is 5.76 Å². The van der Waals surface area contributed by atoms with E-state index in [1.807, 2.05) is 4.90 Å². The summed E-state index contributed by atoms with van der Waals surface area (Å²) in [6.07, 6.45) is 1.45. The van der Waals surface area contributed by atoms with Crippen LogP contribution in [0.25, 0.3) is 0 Å². The maximum Gasteiger partial charge on any atom is 0.317 e. The first-order valence-corrected chi connectivity index (χ1v) is 5.84. The SMILES string of the molecule is COC(=NC(=O)c1ccco1)N1CCN(C)CC1. The number of rotatable bonds is 1. The van der Waals surface area contributed by atoms with E-state index in [1.165, 1.54) is 13.4 Å². The Morgan fingerprint density at radius 3 is 2.67 bits per heavy atom. The highest BCUT2D eigenvalue weighted by Crippen LogP contribution is 2.06. The van der Waals surface area contributed by atoms with Crippen molar-refractivity contribution in [2.24, 2.45) is 4.99 Å². The zero-order chi connectivity index (χ0) is 13.0. The summed E-state index contributed by atoms with van der Waals surface area (Å²) in [6, 6.07) is 3.60. The molecule has 1 saturated heterocycles. The molecule has 0 aromatic carbocycles. The van der Waals surface area contributed by atoms with Crippen molar-refractivity contribution in [2.45, 2.75) is 0 Å². The lowest BCUT2D eigenvalue weighted by Crippen LogP contribution is -2.47. The van der Waals surface area contributed by atoms with E-state index in [0.717, 1.165) is 26.2 Å². The summed E-state index contributed by atoms with van der Waals surface area (Å²) in [7, 11) is 3.58. The van der Waals surface area contributed by atoms with Crippen molar-refractivity contribution in [1.82, 2.24) is 9.80 Å². The fraction of sp³-hybridized carbons (Fsp3) is 0.500. The van der Waals surface area contributed by atoms with Crippen LogP contribution in [-0.2, 0) is 4.74 Å². The highest BCUT2D eigenvalue weighted by molar-refractivity contribution is 5.99. The molecule has 98 valence electrons. The molecular weight excluding hydrogens is 234 g/mol. The summed E-state index contributed by atoms with van der Waals surface area (Å²) in [4.78, 5) is 19.9. The smallest absolute Gasteiger partial charge is 0.317 e.